The maximum Gasteiger partial charge on any atom is 0.122 e. The van der Waals surface area contributed by atoms with Crippen molar-refractivity contribution in [1.82, 2.24) is 0 Å². The Morgan fingerprint density at radius 3 is 2.00 bits per heavy atom. The molecule has 1 aliphatic carbocycles. The van der Waals surface area contributed by atoms with Crippen LogP contribution in [0.5, 0.6) is 5.75 Å². The van der Waals surface area contributed by atoms with Crippen LogP contribution in [-0.4, -0.2) is 15.3 Å². The first-order valence-corrected chi connectivity index (χ1v) is 5.47. The summed E-state index contributed by atoms with van der Waals surface area (Å²) >= 11 is 0. The van der Waals surface area contributed by atoms with Crippen LogP contribution in [-0.2, 0) is 0 Å². The molecule has 2 aromatic rings. The minimum atomic E-state index is -0.884. The third-order valence-electron chi connectivity index (χ3n) is 3.27. The van der Waals surface area contributed by atoms with Crippen molar-refractivity contribution in [2.45, 2.75) is 12.2 Å². The standard InChI is InChI=1S/C14H12O3/c15-11-7-3-6-10-12(11)14(17)9-5-2-1-4-8(9)13(10)16/h1-7,13-17H. The molecule has 2 aromatic carbocycles. The summed E-state index contributed by atoms with van der Waals surface area (Å²) in [6.07, 6.45) is -1.68. The van der Waals surface area contributed by atoms with E-state index in [1.165, 1.54) is 6.07 Å². The highest BCUT2D eigenvalue weighted by atomic mass is 16.3. The highest BCUT2D eigenvalue weighted by Gasteiger charge is 2.31. The molecule has 3 N–H and O–H groups in total. The fourth-order valence-corrected chi connectivity index (χ4v) is 2.44. The van der Waals surface area contributed by atoms with E-state index in [1.807, 2.05) is 6.07 Å². The van der Waals surface area contributed by atoms with Gasteiger partial charge in [-0.05, 0) is 22.8 Å². The van der Waals surface area contributed by atoms with Crippen LogP contribution in [0.3, 0.4) is 0 Å². The van der Waals surface area contributed by atoms with E-state index in [9.17, 15) is 15.3 Å². The first-order chi connectivity index (χ1) is 8.20. The number of fused-ring (bicyclic) bond motifs is 2. The number of hydrogen-bond donors (Lipinski definition) is 3. The summed E-state index contributed by atoms with van der Waals surface area (Å²) in [6, 6.07) is 12.1. The molecule has 0 heterocycles. The van der Waals surface area contributed by atoms with Crippen LogP contribution in [0.1, 0.15) is 34.5 Å². The quantitative estimate of drug-likeness (QED) is 0.645. The van der Waals surface area contributed by atoms with Crippen molar-refractivity contribution in [2.24, 2.45) is 0 Å². The number of aliphatic hydroxyl groups excluding tert-OH is 2. The Kier molecular flexibility index (Phi) is 2.18. The fourth-order valence-electron chi connectivity index (χ4n) is 2.44. The summed E-state index contributed by atoms with van der Waals surface area (Å²) in [5, 5.41) is 30.3. The molecule has 2 atom stereocenters. The van der Waals surface area contributed by atoms with Crippen molar-refractivity contribution in [3.63, 3.8) is 0 Å². The Hall–Kier alpha value is -1.84. The fraction of sp³-hybridized carbons (Fsp3) is 0.143. The molecule has 0 bridgehead atoms. The summed E-state index contributed by atoms with van der Waals surface area (Å²) in [6.45, 7) is 0. The van der Waals surface area contributed by atoms with Crippen molar-refractivity contribution in [3.8, 4) is 5.75 Å². The second kappa shape index (κ2) is 3.58. The molecular formula is C14H12O3. The van der Waals surface area contributed by atoms with Gasteiger partial charge in [-0.25, -0.2) is 0 Å². The highest BCUT2D eigenvalue weighted by Crippen LogP contribution is 2.43. The molecule has 0 spiro atoms. The smallest absolute Gasteiger partial charge is 0.122 e. The van der Waals surface area contributed by atoms with Gasteiger partial charge in [-0.2, -0.15) is 0 Å². The van der Waals surface area contributed by atoms with Gasteiger partial charge in [-0.3, -0.25) is 0 Å². The van der Waals surface area contributed by atoms with Crippen LogP contribution in [0.2, 0.25) is 0 Å². The van der Waals surface area contributed by atoms with Gasteiger partial charge in [0.25, 0.3) is 0 Å². The lowest BCUT2D eigenvalue weighted by Gasteiger charge is -2.29. The van der Waals surface area contributed by atoms with Gasteiger partial charge in [0.2, 0.25) is 0 Å². The molecule has 0 aromatic heterocycles. The van der Waals surface area contributed by atoms with Crippen LogP contribution in [0.4, 0.5) is 0 Å². The number of phenols is 1. The lowest BCUT2D eigenvalue weighted by Crippen LogP contribution is -2.17. The van der Waals surface area contributed by atoms with Crippen LogP contribution in [0.25, 0.3) is 0 Å². The van der Waals surface area contributed by atoms with E-state index in [4.69, 9.17) is 0 Å². The van der Waals surface area contributed by atoms with Crippen molar-refractivity contribution in [1.29, 1.82) is 0 Å². The lowest BCUT2D eigenvalue weighted by atomic mass is 9.81. The molecule has 0 radical (unpaired) electrons. The zero-order valence-electron chi connectivity index (χ0n) is 9.04. The number of aliphatic hydroxyl groups is 2. The molecule has 3 nitrogen and oxygen atoms in total. The van der Waals surface area contributed by atoms with Gasteiger partial charge in [0, 0.05) is 5.56 Å². The lowest BCUT2D eigenvalue weighted by molar-refractivity contribution is 0.170. The van der Waals surface area contributed by atoms with Crippen LogP contribution >= 0.6 is 0 Å². The van der Waals surface area contributed by atoms with E-state index in [1.54, 1.807) is 30.3 Å². The van der Waals surface area contributed by atoms with Crippen molar-refractivity contribution in [3.05, 3.63) is 64.7 Å². The average Bonchev–Trinajstić information content (AvgIpc) is 2.36. The Labute approximate surface area is 98.6 Å². The highest BCUT2D eigenvalue weighted by molar-refractivity contribution is 5.54. The zero-order valence-corrected chi connectivity index (χ0v) is 9.04. The zero-order chi connectivity index (χ0) is 12.0. The molecule has 1 aliphatic rings. The van der Waals surface area contributed by atoms with Gasteiger partial charge >= 0.3 is 0 Å². The van der Waals surface area contributed by atoms with E-state index in [0.717, 1.165) is 0 Å². The molecule has 0 fully saturated rings. The van der Waals surface area contributed by atoms with E-state index in [-0.39, 0.29) is 5.75 Å². The van der Waals surface area contributed by atoms with Gasteiger partial charge in [0.15, 0.2) is 0 Å². The SMILES string of the molecule is Oc1cccc2c1C(O)c1ccccc1C2O. The molecule has 0 saturated heterocycles. The third-order valence-corrected chi connectivity index (χ3v) is 3.27. The predicted molar refractivity (Wildman–Crippen MR) is 62.7 cm³/mol. The Balaban J connectivity index is 2.29. The van der Waals surface area contributed by atoms with Crippen molar-refractivity contribution in [2.75, 3.05) is 0 Å². The molecule has 86 valence electrons. The summed E-state index contributed by atoms with van der Waals surface area (Å²) in [5.74, 6) is 0.0172. The van der Waals surface area contributed by atoms with E-state index in [0.29, 0.717) is 22.3 Å². The monoisotopic (exact) mass is 228 g/mol. The number of rotatable bonds is 0. The Morgan fingerprint density at radius 2 is 1.29 bits per heavy atom. The largest absolute Gasteiger partial charge is 0.508 e. The van der Waals surface area contributed by atoms with Crippen molar-refractivity contribution < 1.29 is 15.3 Å². The molecule has 3 heteroatoms. The average molecular weight is 228 g/mol. The minimum Gasteiger partial charge on any atom is -0.508 e. The number of hydrogen-bond acceptors (Lipinski definition) is 3. The molecule has 3 rings (SSSR count). The van der Waals surface area contributed by atoms with Gasteiger partial charge < -0.3 is 15.3 Å². The third kappa shape index (κ3) is 1.37. The number of benzene rings is 2. The Bertz CT molecular complexity index is 577. The first-order valence-electron chi connectivity index (χ1n) is 5.47. The van der Waals surface area contributed by atoms with E-state index >= 15 is 0 Å². The number of phenolic OH excluding ortho intramolecular Hbond substituents is 1. The first kappa shape index (κ1) is 10.3. The maximum atomic E-state index is 10.2. The van der Waals surface area contributed by atoms with Gasteiger partial charge in [-0.15, -0.1) is 0 Å². The molecule has 0 amide bonds. The Morgan fingerprint density at radius 1 is 0.706 bits per heavy atom. The summed E-state index contributed by atoms with van der Waals surface area (Å²) < 4.78 is 0. The molecular weight excluding hydrogens is 216 g/mol. The predicted octanol–water partition coefficient (Wildman–Crippen LogP) is 1.87. The minimum absolute atomic E-state index is 0.0172. The van der Waals surface area contributed by atoms with Crippen LogP contribution < -0.4 is 0 Å². The second-order valence-corrected chi connectivity index (χ2v) is 4.21. The topological polar surface area (TPSA) is 60.7 Å². The molecule has 17 heavy (non-hydrogen) atoms. The maximum absolute atomic E-state index is 10.2. The summed E-state index contributed by atoms with van der Waals surface area (Å²) in [4.78, 5) is 0. The van der Waals surface area contributed by atoms with Crippen LogP contribution in [0.15, 0.2) is 42.5 Å². The summed E-state index contributed by atoms with van der Waals surface area (Å²) in [7, 11) is 0. The normalized spacial score (nSPS) is 21.8. The van der Waals surface area contributed by atoms with Crippen molar-refractivity contribution >= 4 is 0 Å². The molecule has 0 saturated carbocycles. The van der Waals surface area contributed by atoms with Crippen LogP contribution in [0, 0.1) is 0 Å². The second-order valence-electron chi connectivity index (χ2n) is 4.21. The molecule has 0 aliphatic heterocycles. The number of aromatic hydroxyl groups is 1. The summed E-state index contributed by atoms with van der Waals surface area (Å²) in [5.41, 5.74) is 2.31. The van der Waals surface area contributed by atoms with Gasteiger partial charge in [0.05, 0.1) is 0 Å². The van der Waals surface area contributed by atoms with Gasteiger partial charge in [0.1, 0.15) is 18.0 Å². The van der Waals surface area contributed by atoms with E-state index in [2.05, 4.69) is 0 Å². The van der Waals surface area contributed by atoms with Gasteiger partial charge in [-0.1, -0.05) is 36.4 Å². The molecule has 2 unspecified atom stereocenters. The van der Waals surface area contributed by atoms with E-state index < -0.39 is 12.2 Å².